The van der Waals surface area contributed by atoms with E-state index in [2.05, 4.69) is 15.7 Å². The van der Waals surface area contributed by atoms with Gasteiger partial charge in [-0.25, -0.2) is 0 Å². The Morgan fingerprint density at radius 1 is 1.36 bits per heavy atom. The second kappa shape index (κ2) is 9.50. The first-order valence-corrected chi connectivity index (χ1v) is 10.4. The fraction of sp³-hybridized carbons (Fsp3) is 0.421. The van der Waals surface area contributed by atoms with Gasteiger partial charge in [-0.1, -0.05) is 12.1 Å². The van der Waals surface area contributed by atoms with Gasteiger partial charge in [0.1, 0.15) is 12.6 Å². The molecule has 0 fully saturated rings. The number of carbonyl (C=O) groups is 2. The molecule has 0 bridgehead atoms. The lowest BCUT2D eigenvalue weighted by Gasteiger charge is -2.26. The summed E-state index contributed by atoms with van der Waals surface area (Å²) in [6, 6.07) is 6.97. The Labute approximate surface area is 168 Å². The number of rotatable bonds is 8. The lowest BCUT2D eigenvalue weighted by Crippen LogP contribution is -2.43. The number of amides is 2. The van der Waals surface area contributed by atoms with Gasteiger partial charge >= 0.3 is 0 Å². The summed E-state index contributed by atoms with van der Waals surface area (Å²) in [5.74, 6) is 1.74. The summed E-state index contributed by atoms with van der Waals surface area (Å²) < 4.78 is 13.3. The van der Waals surface area contributed by atoms with Gasteiger partial charge in [-0.3, -0.25) is 14.3 Å². The average Bonchev–Trinajstić information content (AvgIpc) is 3.11. The maximum absolute atomic E-state index is 12.5. The van der Waals surface area contributed by atoms with Crippen molar-refractivity contribution >= 4 is 29.3 Å². The molecule has 9 heteroatoms. The van der Waals surface area contributed by atoms with Gasteiger partial charge in [0.15, 0.2) is 17.6 Å². The van der Waals surface area contributed by atoms with E-state index in [0.29, 0.717) is 31.0 Å². The van der Waals surface area contributed by atoms with E-state index in [1.165, 1.54) is 6.92 Å². The fourth-order valence-corrected chi connectivity index (χ4v) is 3.34. The summed E-state index contributed by atoms with van der Waals surface area (Å²) in [4.78, 5) is 23.8. The molecule has 0 saturated heterocycles. The minimum absolute atomic E-state index is 0.174. The van der Waals surface area contributed by atoms with Crippen LogP contribution in [0.3, 0.4) is 0 Å². The summed E-state index contributed by atoms with van der Waals surface area (Å²) in [5.41, 5.74) is 0.571. The molecule has 2 amide bonds. The largest absolute Gasteiger partial charge is 0.486 e. The standard InChI is InChI=1S/C19H24N4O4S/c1-13(24)21-16(7-8-28-2)19(25)22-14-9-20-23(10-14)11-15-12-26-17-5-3-4-6-18(17)27-15/h3-6,9-10,15-16H,7-8,11-12H2,1-2H3,(H,21,24)(H,22,25). The third-order valence-corrected chi connectivity index (χ3v) is 4.81. The molecule has 2 heterocycles. The van der Waals surface area contributed by atoms with Gasteiger partial charge in [-0.2, -0.15) is 16.9 Å². The molecule has 1 aliphatic heterocycles. The third kappa shape index (κ3) is 5.41. The molecule has 0 aliphatic carbocycles. The number of nitrogens with zero attached hydrogens (tertiary/aromatic N) is 2. The first-order chi connectivity index (χ1) is 13.5. The van der Waals surface area contributed by atoms with Gasteiger partial charge in [0.25, 0.3) is 0 Å². The van der Waals surface area contributed by atoms with Crippen LogP contribution in [0.2, 0.25) is 0 Å². The highest BCUT2D eigenvalue weighted by Crippen LogP contribution is 2.31. The van der Waals surface area contributed by atoms with Crippen LogP contribution in [-0.4, -0.2) is 52.4 Å². The number of anilines is 1. The van der Waals surface area contributed by atoms with Crippen molar-refractivity contribution in [3.8, 4) is 11.5 Å². The maximum atomic E-state index is 12.5. The lowest BCUT2D eigenvalue weighted by atomic mass is 10.2. The molecule has 28 heavy (non-hydrogen) atoms. The Hall–Kier alpha value is -2.68. The minimum atomic E-state index is -0.570. The molecular formula is C19H24N4O4S. The third-order valence-electron chi connectivity index (χ3n) is 4.16. The first-order valence-electron chi connectivity index (χ1n) is 9.03. The molecule has 2 N–H and O–H groups in total. The number of hydrogen-bond donors (Lipinski definition) is 2. The van der Waals surface area contributed by atoms with Crippen molar-refractivity contribution in [2.24, 2.45) is 0 Å². The number of thioether (sulfide) groups is 1. The summed E-state index contributed by atoms with van der Waals surface area (Å²) in [6.07, 6.45) is 5.66. The fourth-order valence-electron chi connectivity index (χ4n) is 2.87. The predicted octanol–water partition coefficient (Wildman–Crippen LogP) is 1.92. The van der Waals surface area contributed by atoms with Gasteiger partial charge in [0, 0.05) is 13.1 Å². The van der Waals surface area contributed by atoms with E-state index in [1.807, 2.05) is 30.5 Å². The first kappa shape index (κ1) is 20.1. The molecule has 8 nitrogen and oxygen atoms in total. The van der Waals surface area contributed by atoms with E-state index in [9.17, 15) is 9.59 Å². The van der Waals surface area contributed by atoms with Crippen LogP contribution in [0.4, 0.5) is 5.69 Å². The molecular weight excluding hydrogens is 380 g/mol. The number of fused-ring (bicyclic) bond motifs is 1. The molecule has 0 saturated carbocycles. The second-order valence-electron chi connectivity index (χ2n) is 6.47. The molecule has 3 rings (SSSR count). The molecule has 2 atom stereocenters. The minimum Gasteiger partial charge on any atom is -0.486 e. The topological polar surface area (TPSA) is 94.5 Å². The molecule has 0 spiro atoms. The highest BCUT2D eigenvalue weighted by Gasteiger charge is 2.22. The van der Waals surface area contributed by atoms with Gasteiger partial charge in [0.05, 0.1) is 18.4 Å². The predicted molar refractivity (Wildman–Crippen MR) is 108 cm³/mol. The number of hydrogen-bond acceptors (Lipinski definition) is 6. The number of ether oxygens (including phenoxy) is 2. The Morgan fingerprint density at radius 3 is 2.89 bits per heavy atom. The number of benzene rings is 1. The van der Waals surface area contributed by atoms with Crippen molar-refractivity contribution in [1.82, 2.24) is 15.1 Å². The lowest BCUT2D eigenvalue weighted by molar-refractivity contribution is -0.125. The van der Waals surface area contributed by atoms with Crippen LogP contribution < -0.4 is 20.1 Å². The normalized spacial score (nSPS) is 16.3. The maximum Gasteiger partial charge on any atom is 0.247 e. The zero-order chi connectivity index (χ0) is 19.9. The number of aromatic nitrogens is 2. The van der Waals surface area contributed by atoms with Gasteiger partial charge in [0.2, 0.25) is 11.8 Å². The van der Waals surface area contributed by atoms with Crippen molar-refractivity contribution in [1.29, 1.82) is 0 Å². The molecule has 1 aliphatic rings. The molecule has 1 aromatic heterocycles. The van der Waals surface area contributed by atoms with E-state index in [1.54, 1.807) is 28.8 Å². The van der Waals surface area contributed by atoms with Crippen LogP contribution >= 0.6 is 11.8 Å². The average molecular weight is 404 g/mol. The molecule has 2 unspecified atom stereocenters. The van der Waals surface area contributed by atoms with Crippen molar-refractivity contribution in [3.63, 3.8) is 0 Å². The van der Waals surface area contributed by atoms with Crippen LogP contribution in [-0.2, 0) is 16.1 Å². The van der Waals surface area contributed by atoms with E-state index in [-0.39, 0.29) is 17.9 Å². The number of carbonyl (C=O) groups excluding carboxylic acids is 2. The monoisotopic (exact) mass is 404 g/mol. The van der Waals surface area contributed by atoms with Crippen molar-refractivity contribution in [2.45, 2.75) is 32.0 Å². The zero-order valence-corrected chi connectivity index (χ0v) is 16.7. The summed E-state index contributed by atoms with van der Waals surface area (Å²) in [6.45, 7) is 2.32. The summed E-state index contributed by atoms with van der Waals surface area (Å²) in [5, 5.41) is 9.78. The summed E-state index contributed by atoms with van der Waals surface area (Å²) in [7, 11) is 0. The van der Waals surface area contributed by atoms with Crippen LogP contribution in [0.1, 0.15) is 13.3 Å². The molecule has 150 valence electrons. The van der Waals surface area contributed by atoms with E-state index in [4.69, 9.17) is 9.47 Å². The van der Waals surface area contributed by atoms with Gasteiger partial charge in [-0.05, 0) is 30.6 Å². The highest BCUT2D eigenvalue weighted by atomic mass is 32.2. The van der Waals surface area contributed by atoms with Crippen LogP contribution in [0.5, 0.6) is 11.5 Å². The van der Waals surface area contributed by atoms with Gasteiger partial charge < -0.3 is 20.1 Å². The molecule has 0 radical (unpaired) electrons. The Bertz CT molecular complexity index is 826. The highest BCUT2D eigenvalue weighted by molar-refractivity contribution is 7.98. The van der Waals surface area contributed by atoms with E-state index < -0.39 is 6.04 Å². The van der Waals surface area contributed by atoms with Crippen LogP contribution in [0.25, 0.3) is 0 Å². The Morgan fingerprint density at radius 2 is 2.14 bits per heavy atom. The van der Waals surface area contributed by atoms with Gasteiger partial charge in [-0.15, -0.1) is 0 Å². The second-order valence-corrected chi connectivity index (χ2v) is 7.46. The van der Waals surface area contributed by atoms with E-state index in [0.717, 1.165) is 11.5 Å². The number of para-hydroxylation sites is 2. The van der Waals surface area contributed by atoms with Crippen molar-refractivity contribution in [2.75, 3.05) is 23.9 Å². The number of nitrogens with one attached hydrogen (secondary N) is 2. The van der Waals surface area contributed by atoms with Crippen LogP contribution in [0, 0.1) is 0 Å². The Kier molecular flexibility index (Phi) is 6.80. The van der Waals surface area contributed by atoms with Crippen LogP contribution in [0.15, 0.2) is 36.7 Å². The molecule has 1 aromatic carbocycles. The zero-order valence-electron chi connectivity index (χ0n) is 15.9. The quantitative estimate of drug-likeness (QED) is 0.698. The van der Waals surface area contributed by atoms with Crippen molar-refractivity contribution < 1.29 is 19.1 Å². The van der Waals surface area contributed by atoms with E-state index >= 15 is 0 Å². The van der Waals surface area contributed by atoms with Crippen molar-refractivity contribution in [3.05, 3.63) is 36.7 Å². The smallest absolute Gasteiger partial charge is 0.247 e. The SMILES string of the molecule is CSCCC(NC(C)=O)C(=O)Nc1cnn(CC2COc3ccccc3O2)c1. The summed E-state index contributed by atoms with van der Waals surface area (Å²) >= 11 is 1.63. The Balaban J connectivity index is 1.56. The molecule has 2 aromatic rings.